The summed E-state index contributed by atoms with van der Waals surface area (Å²) in [7, 11) is 1.48. The normalized spacial score (nSPS) is 18.6. The van der Waals surface area contributed by atoms with Gasteiger partial charge >= 0.3 is 0 Å². The molecule has 118 valence electrons. The quantitative estimate of drug-likeness (QED) is 0.850. The molecule has 5 heteroatoms. The first kappa shape index (κ1) is 13.9. The lowest BCUT2D eigenvalue weighted by molar-refractivity contribution is 0.0983. The van der Waals surface area contributed by atoms with Gasteiger partial charge in [-0.1, -0.05) is 17.7 Å². The van der Waals surface area contributed by atoms with E-state index in [2.05, 4.69) is 18.3 Å². The van der Waals surface area contributed by atoms with E-state index in [1.807, 2.05) is 17.0 Å². The summed E-state index contributed by atoms with van der Waals surface area (Å²) in [6.07, 6.45) is 0.840. The predicted molar refractivity (Wildman–Crippen MR) is 88.6 cm³/mol. The molecule has 0 radical (unpaired) electrons. The Labute approximate surface area is 134 Å². The van der Waals surface area contributed by atoms with E-state index in [0.717, 1.165) is 12.1 Å². The van der Waals surface area contributed by atoms with Gasteiger partial charge in [-0.25, -0.2) is 0 Å². The third-order valence-electron chi connectivity index (χ3n) is 4.61. The molecule has 4 rings (SSSR count). The number of hydrogen-bond acceptors (Lipinski definition) is 4. The molecule has 1 amide bonds. The topological polar surface area (TPSA) is 61.8 Å². The maximum Gasteiger partial charge on any atom is 0.260 e. The predicted octanol–water partition coefficient (Wildman–Crippen LogP) is 2.71. The van der Waals surface area contributed by atoms with Gasteiger partial charge in [-0.3, -0.25) is 4.79 Å². The molecular weight excluding hydrogens is 292 g/mol. The number of carbonyl (C=O) groups is 1. The zero-order valence-electron chi connectivity index (χ0n) is 13.1. The lowest BCUT2D eigenvalue weighted by Gasteiger charge is -2.22. The lowest BCUT2D eigenvalue weighted by atomic mass is 10.1. The van der Waals surface area contributed by atoms with Gasteiger partial charge in [0.25, 0.3) is 5.91 Å². The molecule has 0 aliphatic carbocycles. The molecule has 0 saturated heterocycles. The molecular formula is C18H18N2O3. The van der Waals surface area contributed by atoms with E-state index in [1.165, 1.54) is 18.2 Å². The summed E-state index contributed by atoms with van der Waals surface area (Å²) in [5, 5.41) is 13.2. The van der Waals surface area contributed by atoms with Crippen molar-refractivity contribution in [3.8, 4) is 11.5 Å². The Morgan fingerprint density at radius 3 is 2.91 bits per heavy atom. The molecule has 0 saturated carbocycles. The highest BCUT2D eigenvalue weighted by Gasteiger charge is 2.37. The smallest absolute Gasteiger partial charge is 0.260 e. The van der Waals surface area contributed by atoms with E-state index in [9.17, 15) is 9.90 Å². The van der Waals surface area contributed by atoms with Gasteiger partial charge in [0.2, 0.25) is 0 Å². The van der Waals surface area contributed by atoms with Crippen LogP contribution in [0, 0.1) is 6.92 Å². The summed E-state index contributed by atoms with van der Waals surface area (Å²) in [4.78, 5) is 15.0. The van der Waals surface area contributed by atoms with Gasteiger partial charge in [-0.2, -0.15) is 0 Å². The minimum absolute atomic E-state index is 0.0321. The zero-order valence-corrected chi connectivity index (χ0v) is 13.1. The maximum absolute atomic E-state index is 13.1. The molecule has 0 aromatic heterocycles. The number of ether oxygens (including phenoxy) is 1. The van der Waals surface area contributed by atoms with Crippen LogP contribution in [0.4, 0.5) is 11.4 Å². The highest BCUT2D eigenvalue weighted by Crippen LogP contribution is 2.40. The molecule has 23 heavy (non-hydrogen) atoms. The van der Waals surface area contributed by atoms with Crippen molar-refractivity contribution < 1.29 is 14.6 Å². The van der Waals surface area contributed by atoms with E-state index < -0.39 is 0 Å². The number of anilines is 2. The lowest BCUT2D eigenvalue weighted by Crippen LogP contribution is -2.39. The van der Waals surface area contributed by atoms with E-state index in [1.54, 1.807) is 12.1 Å². The SMILES string of the molecule is COc1cc2c(cc1O)NC[C@@H]1Cc3cc(C)ccc3N1C2=O. The van der Waals surface area contributed by atoms with Crippen LogP contribution >= 0.6 is 0 Å². The summed E-state index contributed by atoms with van der Waals surface area (Å²) in [5.74, 6) is 0.279. The fraction of sp³-hybridized carbons (Fsp3) is 0.278. The molecule has 0 fully saturated rings. The van der Waals surface area contributed by atoms with Crippen LogP contribution in [-0.2, 0) is 6.42 Å². The summed E-state index contributed by atoms with van der Waals surface area (Å²) in [6.45, 7) is 2.71. The number of carbonyl (C=O) groups excluding carboxylic acids is 1. The molecule has 2 N–H and O–H groups in total. The first-order valence-corrected chi connectivity index (χ1v) is 7.66. The highest BCUT2D eigenvalue weighted by molar-refractivity contribution is 6.12. The number of nitrogens with one attached hydrogen (secondary N) is 1. The van der Waals surface area contributed by atoms with Crippen LogP contribution in [0.25, 0.3) is 0 Å². The van der Waals surface area contributed by atoms with Gasteiger partial charge in [0, 0.05) is 18.3 Å². The molecule has 0 bridgehead atoms. The molecule has 2 aliphatic heterocycles. The van der Waals surface area contributed by atoms with Crippen LogP contribution in [-0.4, -0.2) is 30.7 Å². The molecule has 2 aromatic carbocycles. The summed E-state index contributed by atoms with van der Waals surface area (Å²) in [6, 6.07) is 9.45. The second-order valence-corrected chi connectivity index (χ2v) is 6.12. The van der Waals surface area contributed by atoms with E-state index in [4.69, 9.17) is 4.74 Å². The van der Waals surface area contributed by atoms with Crippen molar-refractivity contribution in [3.63, 3.8) is 0 Å². The number of benzene rings is 2. The van der Waals surface area contributed by atoms with Crippen molar-refractivity contribution in [1.82, 2.24) is 0 Å². The number of rotatable bonds is 1. The highest BCUT2D eigenvalue weighted by atomic mass is 16.5. The van der Waals surface area contributed by atoms with Crippen molar-refractivity contribution >= 4 is 17.3 Å². The van der Waals surface area contributed by atoms with Crippen LogP contribution in [0.15, 0.2) is 30.3 Å². The first-order chi connectivity index (χ1) is 11.1. The largest absolute Gasteiger partial charge is 0.504 e. The van der Waals surface area contributed by atoms with Crippen molar-refractivity contribution in [2.75, 3.05) is 23.9 Å². The Hall–Kier alpha value is -2.69. The molecule has 0 spiro atoms. The Balaban J connectivity index is 1.84. The Morgan fingerprint density at radius 2 is 2.13 bits per heavy atom. The monoisotopic (exact) mass is 310 g/mol. The van der Waals surface area contributed by atoms with Gasteiger partial charge in [-0.05, 0) is 31.0 Å². The number of aromatic hydroxyl groups is 1. The van der Waals surface area contributed by atoms with Gasteiger partial charge < -0.3 is 20.1 Å². The van der Waals surface area contributed by atoms with E-state index >= 15 is 0 Å². The number of amides is 1. The molecule has 1 atom stereocenters. The Kier molecular flexibility index (Phi) is 2.98. The second kappa shape index (κ2) is 4.91. The van der Waals surface area contributed by atoms with Crippen LogP contribution in [0.2, 0.25) is 0 Å². The average molecular weight is 310 g/mol. The Morgan fingerprint density at radius 1 is 1.30 bits per heavy atom. The van der Waals surface area contributed by atoms with E-state index in [-0.39, 0.29) is 17.7 Å². The fourth-order valence-electron chi connectivity index (χ4n) is 3.51. The summed E-state index contributed by atoms with van der Waals surface area (Å²) < 4.78 is 5.15. The number of nitrogens with zero attached hydrogens (tertiary/aromatic N) is 1. The van der Waals surface area contributed by atoms with Crippen LogP contribution in [0.1, 0.15) is 21.5 Å². The van der Waals surface area contributed by atoms with Crippen molar-refractivity contribution in [2.45, 2.75) is 19.4 Å². The number of aryl methyl sites for hydroxylation is 1. The summed E-state index contributed by atoms with van der Waals surface area (Å²) >= 11 is 0. The van der Waals surface area contributed by atoms with Gasteiger partial charge in [0.15, 0.2) is 11.5 Å². The van der Waals surface area contributed by atoms with Crippen LogP contribution < -0.4 is 15.0 Å². The van der Waals surface area contributed by atoms with Crippen molar-refractivity contribution in [3.05, 3.63) is 47.0 Å². The fourth-order valence-corrected chi connectivity index (χ4v) is 3.51. The third kappa shape index (κ3) is 2.04. The van der Waals surface area contributed by atoms with Crippen molar-refractivity contribution in [2.24, 2.45) is 0 Å². The number of phenolic OH excluding ortho intramolecular Hbond substituents is 1. The van der Waals surface area contributed by atoms with Gasteiger partial charge in [-0.15, -0.1) is 0 Å². The molecule has 5 nitrogen and oxygen atoms in total. The Bertz CT molecular complexity index is 816. The average Bonchev–Trinajstić information content (AvgIpc) is 2.83. The number of hydrogen-bond donors (Lipinski definition) is 2. The molecule has 0 unspecified atom stereocenters. The van der Waals surface area contributed by atoms with Crippen molar-refractivity contribution in [1.29, 1.82) is 0 Å². The second-order valence-electron chi connectivity index (χ2n) is 6.12. The molecule has 2 heterocycles. The number of fused-ring (bicyclic) bond motifs is 4. The minimum Gasteiger partial charge on any atom is -0.504 e. The van der Waals surface area contributed by atoms with Crippen LogP contribution in [0.5, 0.6) is 11.5 Å². The number of phenols is 1. The maximum atomic E-state index is 13.1. The van der Waals surface area contributed by atoms with Gasteiger partial charge in [0.1, 0.15) is 0 Å². The summed E-state index contributed by atoms with van der Waals surface area (Å²) in [5.41, 5.74) is 4.56. The zero-order chi connectivity index (χ0) is 16.1. The van der Waals surface area contributed by atoms with Gasteiger partial charge in [0.05, 0.1) is 24.4 Å². The standard InChI is InChI=1S/C18H18N2O3/c1-10-3-4-15-11(5-10)6-12-9-19-14-8-16(21)17(23-2)7-13(14)18(22)20(12)15/h3-5,7-8,12,19,21H,6,9H2,1-2H3/t12-/m0/s1. The first-order valence-electron chi connectivity index (χ1n) is 7.66. The van der Waals surface area contributed by atoms with E-state index in [0.29, 0.717) is 23.5 Å². The molecule has 2 aliphatic rings. The van der Waals surface area contributed by atoms with Crippen LogP contribution in [0.3, 0.4) is 0 Å². The molecule has 2 aromatic rings. The minimum atomic E-state index is -0.0593. The number of methoxy groups -OCH3 is 1. The third-order valence-corrected chi connectivity index (χ3v) is 4.61.